The van der Waals surface area contributed by atoms with Crippen LogP contribution < -0.4 is 0 Å². The SMILES string of the molecule is CC(C)=O.CN1CC(=O)N(C)C1. The third-order valence-corrected chi connectivity index (χ3v) is 1.28. The Bertz CT molecular complexity index is 176. The quantitative estimate of drug-likeness (QED) is 0.514. The summed E-state index contributed by atoms with van der Waals surface area (Å²) >= 11 is 0. The first-order chi connectivity index (χ1) is 5.43. The molecule has 4 heteroatoms. The molecule has 0 aliphatic carbocycles. The predicted octanol–water partition coefficient (Wildman–Crippen LogP) is -0.0570. The Morgan fingerprint density at radius 2 is 1.75 bits per heavy atom. The van der Waals surface area contributed by atoms with E-state index in [2.05, 4.69) is 0 Å². The Kier molecular flexibility index (Phi) is 4.51. The van der Waals surface area contributed by atoms with Gasteiger partial charge in [0.15, 0.2) is 0 Å². The summed E-state index contributed by atoms with van der Waals surface area (Å²) in [6.07, 6.45) is 0. The lowest BCUT2D eigenvalue weighted by Crippen LogP contribution is -2.20. The van der Waals surface area contributed by atoms with Gasteiger partial charge in [0.25, 0.3) is 0 Å². The fourth-order valence-electron chi connectivity index (χ4n) is 0.843. The number of carbonyl (C=O) groups excluding carboxylic acids is 2. The summed E-state index contributed by atoms with van der Waals surface area (Å²) in [6.45, 7) is 4.41. The van der Waals surface area contributed by atoms with Crippen molar-refractivity contribution in [1.29, 1.82) is 0 Å². The van der Waals surface area contributed by atoms with Gasteiger partial charge in [0.1, 0.15) is 5.78 Å². The van der Waals surface area contributed by atoms with Gasteiger partial charge in [0.2, 0.25) is 5.91 Å². The molecule has 1 rings (SSSR count). The molecule has 0 N–H and O–H groups in total. The van der Waals surface area contributed by atoms with Crippen LogP contribution in [0.4, 0.5) is 0 Å². The summed E-state index contributed by atoms with van der Waals surface area (Å²) < 4.78 is 0. The third-order valence-electron chi connectivity index (χ3n) is 1.28. The van der Waals surface area contributed by atoms with Gasteiger partial charge in [0, 0.05) is 7.05 Å². The maximum absolute atomic E-state index is 10.7. The molecule has 70 valence electrons. The van der Waals surface area contributed by atoms with Crippen molar-refractivity contribution in [3.63, 3.8) is 0 Å². The van der Waals surface area contributed by atoms with Gasteiger partial charge in [-0.2, -0.15) is 0 Å². The minimum atomic E-state index is 0.167. The zero-order valence-electron chi connectivity index (χ0n) is 8.13. The molecule has 1 aliphatic rings. The van der Waals surface area contributed by atoms with Crippen LogP contribution in [0.25, 0.3) is 0 Å². The molecule has 1 aliphatic heterocycles. The van der Waals surface area contributed by atoms with E-state index >= 15 is 0 Å². The summed E-state index contributed by atoms with van der Waals surface area (Å²) in [5, 5.41) is 0. The number of nitrogens with zero attached hydrogens (tertiary/aromatic N) is 2. The lowest BCUT2D eigenvalue weighted by molar-refractivity contribution is -0.125. The normalized spacial score (nSPS) is 17.3. The van der Waals surface area contributed by atoms with Gasteiger partial charge in [0.05, 0.1) is 13.2 Å². The number of amides is 1. The summed E-state index contributed by atoms with van der Waals surface area (Å²) in [4.78, 5) is 23.8. The molecule has 12 heavy (non-hydrogen) atoms. The summed E-state index contributed by atoms with van der Waals surface area (Å²) in [6, 6.07) is 0. The first kappa shape index (κ1) is 11.1. The number of rotatable bonds is 0. The van der Waals surface area contributed by atoms with E-state index in [9.17, 15) is 9.59 Å². The van der Waals surface area contributed by atoms with Crippen molar-refractivity contribution >= 4 is 11.7 Å². The number of Topliss-reactive ketones (excluding diaryl/α,β-unsaturated/α-hetero) is 1. The predicted molar refractivity (Wildman–Crippen MR) is 46.6 cm³/mol. The number of ketones is 1. The fraction of sp³-hybridized carbons (Fsp3) is 0.750. The molecule has 0 aromatic heterocycles. The van der Waals surface area contributed by atoms with Crippen LogP contribution in [0.3, 0.4) is 0 Å². The van der Waals surface area contributed by atoms with Crippen molar-refractivity contribution in [2.45, 2.75) is 13.8 Å². The van der Waals surface area contributed by atoms with Gasteiger partial charge < -0.3 is 9.69 Å². The monoisotopic (exact) mass is 172 g/mol. The van der Waals surface area contributed by atoms with E-state index in [0.717, 1.165) is 6.67 Å². The topological polar surface area (TPSA) is 40.6 Å². The second kappa shape index (κ2) is 4.87. The highest BCUT2D eigenvalue weighted by Crippen LogP contribution is 1.98. The van der Waals surface area contributed by atoms with Crippen molar-refractivity contribution < 1.29 is 9.59 Å². The van der Waals surface area contributed by atoms with Crippen molar-refractivity contribution in [2.24, 2.45) is 0 Å². The second-order valence-corrected chi connectivity index (χ2v) is 3.16. The molecule has 0 aromatic carbocycles. The Hall–Kier alpha value is -0.900. The van der Waals surface area contributed by atoms with E-state index in [1.165, 1.54) is 13.8 Å². The first-order valence-electron chi connectivity index (χ1n) is 3.83. The van der Waals surface area contributed by atoms with Gasteiger partial charge in [-0.1, -0.05) is 0 Å². The molecule has 0 unspecified atom stereocenters. The zero-order valence-corrected chi connectivity index (χ0v) is 8.13. The highest BCUT2D eigenvalue weighted by atomic mass is 16.2. The summed E-state index contributed by atoms with van der Waals surface area (Å²) in [7, 11) is 3.74. The summed E-state index contributed by atoms with van der Waals surface area (Å²) in [5.41, 5.74) is 0. The van der Waals surface area contributed by atoms with Crippen molar-refractivity contribution in [3.8, 4) is 0 Å². The molecule has 0 saturated carbocycles. The van der Waals surface area contributed by atoms with E-state index < -0.39 is 0 Å². The average molecular weight is 172 g/mol. The van der Waals surface area contributed by atoms with Crippen molar-refractivity contribution in [3.05, 3.63) is 0 Å². The zero-order chi connectivity index (χ0) is 9.72. The minimum absolute atomic E-state index is 0.167. The van der Waals surface area contributed by atoms with E-state index in [1.54, 1.807) is 4.90 Å². The Labute approximate surface area is 73.1 Å². The van der Waals surface area contributed by atoms with Crippen LogP contribution in [0.15, 0.2) is 0 Å². The highest BCUT2D eigenvalue weighted by Gasteiger charge is 2.19. The Morgan fingerprint density at radius 3 is 1.83 bits per heavy atom. The van der Waals surface area contributed by atoms with Gasteiger partial charge >= 0.3 is 0 Å². The Balaban J connectivity index is 0.000000261. The highest BCUT2D eigenvalue weighted by molar-refractivity contribution is 5.79. The van der Waals surface area contributed by atoms with E-state index in [1.807, 2.05) is 19.0 Å². The molecule has 4 nitrogen and oxygen atoms in total. The molecular formula is C8H16N2O2. The number of hydrogen-bond acceptors (Lipinski definition) is 3. The fourth-order valence-corrected chi connectivity index (χ4v) is 0.843. The van der Waals surface area contributed by atoms with E-state index in [-0.39, 0.29) is 11.7 Å². The van der Waals surface area contributed by atoms with E-state index in [0.29, 0.717) is 6.54 Å². The number of hydrogen-bond donors (Lipinski definition) is 0. The smallest absolute Gasteiger partial charge is 0.237 e. The molecule has 1 saturated heterocycles. The van der Waals surface area contributed by atoms with Gasteiger partial charge in [-0.25, -0.2) is 0 Å². The maximum Gasteiger partial charge on any atom is 0.237 e. The van der Waals surface area contributed by atoms with Crippen molar-refractivity contribution in [2.75, 3.05) is 27.3 Å². The molecule has 0 spiro atoms. The second-order valence-electron chi connectivity index (χ2n) is 3.16. The van der Waals surface area contributed by atoms with Crippen LogP contribution >= 0.6 is 0 Å². The van der Waals surface area contributed by atoms with Crippen LogP contribution in [0, 0.1) is 0 Å². The minimum Gasteiger partial charge on any atom is -0.332 e. The van der Waals surface area contributed by atoms with Crippen LogP contribution in [-0.2, 0) is 9.59 Å². The largest absolute Gasteiger partial charge is 0.332 e. The van der Waals surface area contributed by atoms with Crippen LogP contribution in [-0.4, -0.2) is 48.8 Å². The first-order valence-corrected chi connectivity index (χ1v) is 3.83. The molecule has 1 fully saturated rings. The molecule has 1 heterocycles. The number of likely N-dealkylation sites (N-methyl/N-ethyl adjacent to an activating group) is 2. The average Bonchev–Trinajstić information content (AvgIpc) is 2.08. The van der Waals surface area contributed by atoms with Crippen LogP contribution in [0.1, 0.15) is 13.8 Å². The molecule has 1 amide bonds. The molecule has 0 bridgehead atoms. The van der Waals surface area contributed by atoms with Gasteiger partial charge in [-0.05, 0) is 20.9 Å². The molecular weight excluding hydrogens is 156 g/mol. The van der Waals surface area contributed by atoms with Crippen LogP contribution in [0.5, 0.6) is 0 Å². The van der Waals surface area contributed by atoms with E-state index in [4.69, 9.17) is 0 Å². The number of carbonyl (C=O) groups is 2. The maximum atomic E-state index is 10.7. The van der Waals surface area contributed by atoms with Gasteiger partial charge in [-0.15, -0.1) is 0 Å². The molecule has 0 aromatic rings. The van der Waals surface area contributed by atoms with Crippen molar-refractivity contribution in [1.82, 2.24) is 9.80 Å². The Morgan fingerprint density at radius 1 is 1.33 bits per heavy atom. The molecule has 0 radical (unpaired) electrons. The lowest BCUT2D eigenvalue weighted by atomic mass is 10.6. The third kappa shape index (κ3) is 4.85. The van der Waals surface area contributed by atoms with Crippen LogP contribution in [0.2, 0.25) is 0 Å². The standard InChI is InChI=1S/C5H10N2O.C3H6O/c1-6-3-5(8)7(2)4-6;1-3(2)4/h3-4H2,1-2H3;1-2H3. The lowest BCUT2D eigenvalue weighted by Gasteiger charge is -2.06. The summed E-state index contributed by atoms with van der Waals surface area (Å²) in [5.74, 6) is 0.382. The van der Waals surface area contributed by atoms with Gasteiger partial charge in [-0.3, -0.25) is 9.69 Å². The molecule has 0 atom stereocenters.